The lowest BCUT2D eigenvalue weighted by Gasteiger charge is -2.28. The number of hydrogen-bond donors (Lipinski definition) is 1. The Morgan fingerprint density at radius 3 is 2.69 bits per heavy atom. The average molecular weight is 201 g/mol. The highest BCUT2D eigenvalue weighted by atomic mass is 32.2. The zero-order chi connectivity index (χ0) is 9.47. The van der Waals surface area contributed by atoms with Gasteiger partial charge < -0.3 is 0 Å². The number of rotatable bonds is 0. The SMILES string of the molecule is O=C1CC2(CCCSC2)C(=O)N1O. The highest BCUT2D eigenvalue weighted by Crippen LogP contribution is 2.42. The number of hydrogen-bond acceptors (Lipinski definition) is 4. The summed E-state index contributed by atoms with van der Waals surface area (Å²) in [7, 11) is 0. The molecule has 2 aliphatic rings. The fraction of sp³-hybridized carbons (Fsp3) is 0.750. The molecule has 4 nitrogen and oxygen atoms in total. The van der Waals surface area contributed by atoms with Gasteiger partial charge in [0.25, 0.3) is 11.8 Å². The third-order valence-electron chi connectivity index (χ3n) is 2.69. The second-order valence-electron chi connectivity index (χ2n) is 3.62. The van der Waals surface area contributed by atoms with E-state index in [1.165, 1.54) is 0 Å². The minimum Gasteiger partial charge on any atom is -0.278 e. The van der Waals surface area contributed by atoms with E-state index in [1.54, 1.807) is 11.8 Å². The number of carbonyl (C=O) groups excluding carboxylic acids is 2. The molecule has 0 saturated carbocycles. The van der Waals surface area contributed by atoms with Crippen LogP contribution in [0.4, 0.5) is 0 Å². The monoisotopic (exact) mass is 201 g/mol. The summed E-state index contributed by atoms with van der Waals surface area (Å²) in [6.45, 7) is 0. The van der Waals surface area contributed by atoms with Crippen molar-refractivity contribution in [3.05, 3.63) is 0 Å². The van der Waals surface area contributed by atoms with Crippen LogP contribution < -0.4 is 0 Å². The highest BCUT2D eigenvalue weighted by molar-refractivity contribution is 7.99. The van der Waals surface area contributed by atoms with Gasteiger partial charge in [0.15, 0.2) is 0 Å². The molecular formula is C8H11NO3S. The molecular weight excluding hydrogens is 190 g/mol. The smallest absolute Gasteiger partial charge is 0.260 e. The quantitative estimate of drug-likeness (QED) is 0.462. The normalized spacial score (nSPS) is 34.7. The summed E-state index contributed by atoms with van der Waals surface area (Å²) in [6, 6.07) is 0. The molecule has 0 radical (unpaired) electrons. The van der Waals surface area contributed by atoms with Crippen LogP contribution in [0.5, 0.6) is 0 Å². The van der Waals surface area contributed by atoms with E-state index in [0.717, 1.165) is 18.6 Å². The summed E-state index contributed by atoms with van der Waals surface area (Å²) in [5.74, 6) is 0.876. The first kappa shape index (κ1) is 9.02. The summed E-state index contributed by atoms with van der Waals surface area (Å²) >= 11 is 1.69. The van der Waals surface area contributed by atoms with Crippen LogP contribution in [0.25, 0.3) is 0 Å². The molecule has 1 atom stereocenters. The molecule has 0 bridgehead atoms. The number of carbonyl (C=O) groups is 2. The van der Waals surface area contributed by atoms with E-state index in [1.807, 2.05) is 0 Å². The maximum atomic E-state index is 11.5. The highest BCUT2D eigenvalue weighted by Gasteiger charge is 2.51. The van der Waals surface area contributed by atoms with E-state index in [4.69, 9.17) is 5.21 Å². The second-order valence-corrected chi connectivity index (χ2v) is 4.73. The minimum atomic E-state index is -0.575. The Morgan fingerprint density at radius 1 is 1.46 bits per heavy atom. The van der Waals surface area contributed by atoms with Gasteiger partial charge in [0, 0.05) is 12.2 Å². The fourth-order valence-electron chi connectivity index (χ4n) is 1.94. The molecule has 1 spiro atoms. The summed E-state index contributed by atoms with van der Waals surface area (Å²) < 4.78 is 0. The summed E-state index contributed by atoms with van der Waals surface area (Å²) in [6.07, 6.45) is 1.88. The molecule has 0 aromatic heterocycles. The molecule has 5 heteroatoms. The molecule has 2 aliphatic heterocycles. The lowest BCUT2D eigenvalue weighted by atomic mass is 9.83. The number of nitrogens with zero attached hydrogens (tertiary/aromatic N) is 1. The minimum absolute atomic E-state index is 0.190. The standard InChI is InChI=1S/C8H11NO3S/c10-6-4-8(7(11)9(6)12)2-1-3-13-5-8/h12H,1-5H2. The zero-order valence-corrected chi connectivity index (χ0v) is 7.97. The molecule has 2 amide bonds. The predicted octanol–water partition coefficient (Wildman–Crippen LogP) is 0.648. The summed E-state index contributed by atoms with van der Waals surface area (Å²) in [5, 5.41) is 9.41. The summed E-state index contributed by atoms with van der Waals surface area (Å²) in [5.41, 5.74) is -0.575. The number of hydroxylamine groups is 2. The van der Waals surface area contributed by atoms with E-state index < -0.39 is 17.2 Å². The van der Waals surface area contributed by atoms with Crippen LogP contribution in [0, 0.1) is 5.41 Å². The Labute approximate surface area is 80.2 Å². The molecule has 2 saturated heterocycles. The third kappa shape index (κ3) is 1.26. The van der Waals surface area contributed by atoms with Crippen molar-refractivity contribution in [3.63, 3.8) is 0 Å². The van der Waals surface area contributed by atoms with Gasteiger partial charge in [-0.2, -0.15) is 16.8 Å². The van der Waals surface area contributed by atoms with Crippen molar-refractivity contribution >= 4 is 23.6 Å². The summed E-state index contributed by atoms with van der Waals surface area (Å²) in [4.78, 5) is 22.6. The van der Waals surface area contributed by atoms with Crippen molar-refractivity contribution in [3.8, 4) is 0 Å². The van der Waals surface area contributed by atoms with Crippen LogP contribution in [0.2, 0.25) is 0 Å². The van der Waals surface area contributed by atoms with Gasteiger partial charge in [-0.05, 0) is 18.6 Å². The molecule has 13 heavy (non-hydrogen) atoms. The predicted molar refractivity (Wildman–Crippen MR) is 47.2 cm³/mol. The van der Waals surface area contributed by atoms with Crippen molar-refractivity contribution in [2.45, 2.75) is 19.3 Å². The van der Waals surface area contributed by atoms with E-state index in [2.05, 4.69) is 0 Å². The van der Waals surface area contributed by atoms with Crippen molar-refractivity contribution in [2.24, 2.45) is 5.41 Å². The van der Waals surface area contributed by atoms with Crippen LogP contribution in [-0.4, -0.2) is 33.6 Å². The number of thioether (sulfide) groups is 1. The van der Waals surface area contributed by atoms with Crippen molar-refractivity contribution in [1.82, 2.24) is 5.06 Å². The molecule has 0 aromatic carbocycles. The van der Waals surface area contributed by atoms with Gasteiger partial charge in [0.2, 0.25) is 0 Å². The molecule has 0 aromatic rings. The van der Waals surface area contributed by atoms with Crippen LogP contribution in [-0.2, 0) is 9.59 Å². The van der Waals surface area contributed by atoms with Crippen molar-refractivity contribution < 1.29 is 14.8 Å². The first-order chi connectivity index (χ1) is 6.16. The van der Waals surface area contributed by atoms with Crippen LogP contribution >= 0.6 is 11.8 Å². The third-order valence-corrected chi connectivity index (χ3v) is 4.03. The van der Waals surface area contributed by atoms with Gasteiger partial charge in [0.05, 0.1) is 5.41 Å². The van der Waals surface area contributed by atoms with E-state index in [9.17, 15) is 9.59 Å². The van der Waals surface area contributed by atoms with Crippen molar-refractivity contribution in [2.75, 3.05) is 11.5 Å². The van der Waals surface area contributed by atoms with Gasteiger partial charge in [-0.25, -0.2) is 0 Å². The van der Waals surface area contributed by atoms with Crippen LogP contribution in [0.15, 0.2) is 0 Å². The molecule has 1 N–H and O–H groups in total. The number of amides is 2. The Balaban J connectivity index is 2.23. The molecule has 2 heterocycles. The first-order valence-corrected chi connectivity index (χ1v) is 5.45. The maximum Gasteiger partial charge on any atom is 0.260 e. The Bertz CT molecular complexity index is 260. The van der Waals surface area contributed by atoms with E-state index in [0.29, 0.717) is 10.8 Å². The Morgan fingerprint density at radius 2 is 2.23 bits per heavy atom. The molecule has 2 fully saturated rings. The largest absolute Gasteiger partial charge is 0.278 e. The van der Waals surface area contributed by atoms with Crippen molar-refractivity contribution in [1.29, 1.82) is 0 Å². The van der Waals surface area contributed by atoms with Crippen LogP contribution in [0.3, 0.4) is 0 Å². The van der Waals surface area contributed by atoms with Gasteiger partial charge >= 0.3 is 0 Å². The maximum absolute atomic E-state index is 11.5. The Hall–Kier alpha value is -0.550. The lowest BCUT2D eigenvalue weighted by molar-refractivity contribution is -0.173. The topological polar surface area (TPSA) is 57.6 Å². The molecule has 1 unspecified atom stereocenters. The molecule has 72 valence electrons. The Kier molecular flexibility index (Phi) is 2.08. The van der Waals surface area contributed by atoms with Gasteiger partial charge in [-0.15, -0.1) is 0 Å². The molecule has 0 aliphatic carbocycles. The van der Waals surface area contributed by atoms with Gasteiger partial charge in [0.1, 0.15) is 0 Å². The van der Waals surface area contributed by atoms with E-state index in [-0.39, 0.29) is 6.42 Å². The zero-order valence-electron chi connectivity index (χ0n) is 7.15. The second kappa shape index (κ2) is 2.99. The molecule has 2 rings (SSSR count). The van der Waals surface area contributed by atoms with Gasteiger partial charge in [-0.3, -0.25) is 14.8 Å². The lowest BCUT2D eigenvalue weighted by Crippen LogP contribution is -2.37. The average Bonchev–Trinajstić information content (AvgIpc) is 2.33. The van der Waals surface area contributed by atoms with Crippen LogP contribution in [0.1, 0.15) is 19.3 Å². The van der Waals surface area contributed by atoms with E-state index >= 15 is 0 Å². The first-order valence-electron chi connectivity index (χ1n) is 4.30. The fourth-order valence-corrected chi connectivity index (χ4v) is 3.19. The number of imide groups is 1. The van der Waals surface area contributed by atoms with Gasteiger partial charge in [-0.1, -0.05) is 0 Å².